The van der Waals surface area contributed by atoms with E-state index in [2.05, 4.69) is 4.89 Å². The second-order valence-corrected chi connectivity index (χ2v) is 3.79. The minimum absolute atomic E-state index is 0.553. The summed E-state index contributed by atoms with van der Waals surface area (Å²) in [7, 11) is 0. The van der Waals surface area contributed by atoms with Gasteiger partial charge < -0.3 is 10.2 Å². The number of aliphatic carboxylic acids is 1. The fourth-order valence-electron chi connectivity index (χ4n) is 0.569. The van der Waals surface area contributed by atoms with Gasteiger partial charge in [-0.1, -0.05) is 6.92 Å². The zero-order valence-electron chi connectivity index (χ0n) is 8.98. The molecule has 2 unspecified atom stereocenters. The number of carbonyl (C=O) groups is 1. The topological polar surface area (TPSA) is 76.0 Å². The molecular weight excluding hydrogens is 188 g/mol. The molecule has 0 amide bonds. The van der Waals surface area contributed by atoms with Crippen LogP contribution in [0.2, 0.25) is 0 Å². The molecule has 2 N–H and O–H groups in total. The van der Waals surface area contributed by atoms with Gasteiger partial charge in [-0.15, -0.1) is 0 Å². The van der Waals surface area contributed by atoms with Gasteiger partial charge in [-0.25, -0.2) is 14.6 Å². The van der Waals surface area contributed by atoms with E-state index in [4.69, 9.17) is 15.1 Å². The van der Waals surface area contributed by atoms with E-state index in [1.54, 1.807) is 13.8 Å². The fraction of sp³-hybridized carbons (Fsp3) is 0.889. The highest BCUT2D eigenvalue weighted by Crippen LogP contribution is 2.15. The monoisotopic (exact) mass is 206 g/mol. The first-order valence-corrected chi connectivity index (χ1v) is 4.55. The van der Waals surface area contributed by atoms with Crippen molar-refractivity contribution in [1.82, 2.24) is 0 Å². The summed E-state index contributed by atoms with van der Waals surface area (Å²) in [6.45, 7) is 6.77. The van der Waals surface area contributed by atoms with Crippen molar-refractivity contribution >= 4 is 5.97 Å². The number of rotatable bonds is 6. The number of carboxylic acid groups (broad SMARTS) is 1. The van der Waals surface area contributed by atoms with Crippen LogP contribution in [0.25, 0.3) is 0 Å². The first-order valence-electron chi connectivity index (χ1n) is 4.55. The smallest absolute Gasteiger partial charge is 0.338 e. The van der Waals surface area contributed by atoms with Gasteiger partial charge in [-0.05, 0) is 27.2 Å². The average molecular weight is 206 g/mol. The minimum Gasteiger partial charge on any atom is -0.479 e. The summed E-state index contributed by atoms with van der Waals surface area (Å²) in [6, 6.07) is 0. The Hall–Kier alpha value is -0.650. The van der Waals surface area contributed by atoms with Gasteiger partial charge in [0.2, 0.25) is 6.10 Å². The lowest BCUT2D eigenvalue weighted by atomic mass is 10.1. The van der Waals surface area contributed by atoms with Crippen LogP contribution in [0.15, 0.2) is 0 Å². The van der Waals surface area contributed by atoms with Crippen LogP contribution in [0.5, 0.6) is 0 Å². The van der Waals surface area contributed by atoms with Crippen molar-refractivity contribution in [3.05, 3.63) is 0 Å². The summed E-state index contributed by atoms with van der Waals surface area (Å²) in [4.78, 5) is 20.2. The molecule has 0 heterocycles. The van der Waals surface area contributed by atoms with Gasteiger partial charge in [0.05, 0.1) is 11.7 Å². The van der Waals surface area contributed by atoms with E-state index in [0.717, 1.165) is 0 Å². The maximum Gasteiger partial charge on any atom is 0.338 e. The summed E-state index contributed by atoms with van der Waals surface area (Å²) in [5, 5.41) is 17.7. The molecule has 0 spiro atoms. The van der Waals surface area contributed by atoms with Gasteiger partial charge in [0.1, 0.15) is 0 Å². The van der Waals surface area contributed by atoms with Gasteiger partial charge in [0.15, 0.2) is 0 Å². The zero-order chi connectivity index (χ0) is 11.4. The standard InChI is InChI=1S/C9H18O5/c1-5-9(3,4)14-13-7(6(2)10)8(11)12/h6-7,10H,5H2,1-4H3,(H,11,12). The third-order valence-electron chi connectivity index (χ3n) is 1.91. The summed E-state index contributed by atoms with van der Waals surface area (Å²) in [5.41, 5.74) is -0.553. The lowest BCUT2D eigenvalue weighted by molar-refractivity contribution is -0.380. The minimum atomic E-state index is -1.35. The van der Waals surface area contributed by atoms with E-state index in [9.17, 15) is 4.79 Å². The molecule has 0 aromatic carbocycles. The van der Waals surface area contributed by atoms with Gasteiger partial charge in [-0.2, -0.15) is 0 Å². The van der Waals surface area contributed by atoms with Crippen LogP contribution >= 0.6 is 0 Å². The molecule has 0 aromatic heterocycles. The molecule has 84 valence electrons. The second kappa shape index (κ2) is 5.29. The van der Waals surface area contributed by atoms with Crippen molar-refractivity contribution in [2.45, 2.75) is 51.9 Å². The Morgan fingerprint density at radius 3 is 2.29 bits per heavy atom. The lowest BCUT2D eigenvalue weighted by Crippen LogP contribution is -2.37. The van der Waals surface area contributed by atoms with Crippen molar-refractivity contribution in [3.8, 4) is 0 Å². The van der Waals surface area contributed by atoms with Gasteiger partial charge in [-0.3, -0.25) is 0 Å². The van der Waals surface area contributed by atoms with E-state index in [-0.39, 0.29) is 0 Å². The van der Waals surface area contributed by atoms with Crippen molar-refractivity contribution in [1.29, 1.82) is 0 Å². The molecule has 0 bridgehead atoms. The van der Waals surface area contributed by atoms with Crippen molar-refractivity contribution in [2.75, 3.05) is 0 Å². The normalized spacial score (nSPS) is 16.4. The predicted octanol–water partition coefficient (Wildman–Crippen LogP) is 0.957. The Labute approximate surface area is 83.6 Å². The highest BCUT2D eigenvalue weighted by atomic mass is 17.2. The first kappa shape index (κ1) is 13.4. The highest BCUT2D eigenvalue weighted by molar-refractivity contribution is 5.72. The molecule has 0 saturated carbocycles. The van der Waals surface area contributed by atoms with E-state index in [0.29, 0.717) is 6.42 Å². The molecule has 0 saturated heterocycles. The molecule has 5 nitrogen and oxygen atoms in total. The number of carboxylic acids is 1. The largest absolute Gasteiger partial charge is 0.479 e. The van der Waals surface area contributed by atoms with Crippen LogP contribution in [0.4, 0.5) is 0 Å². The van der Waals surface area contributed by atoms with Crippen molar-refractivity contribution < 1.29 is 24.8 Å². The number of aliphatic hydroxyl groups is 1. The Morgan fingerprint density at radius 2 is 2.00 bits per heavy atom. The maximum atomic E-state index is 10.6. The maximum absolute atomic E-state index is 10.6. The number of hydrogen-bond acceptors (Lipinski definition) is 4. The third kappa shape index (κ3) is 4.55. The molecular formula is C9H18O5. The third-order valence-corrected chi connectivity index (χ3v) is 1.91. The molecule has 0 aliphatic heterocycles. The van der Waals surface area contributed by atoms with Crippen LogP contribution in [0.1, 0.15) is 34.1 Å². The zero-order valence-corrected chi connectivity index (χ0v) is 8.98. The van der Waals surface area contributed by atoms with E-state index in [1.807, 2.05) is 6.92 Å². The molecule has 0 fully saturated rings. The summed E-state index contributed by atoms with van der Waals surface area (Å²) in [5.74, 6) is -1.24. The molecule has 2 atom stereocenters. The number of hydrogen-bond donors (Lipinski definition) is 2. The molecule has 0 aliphatic carbocycles. The van der Waals surface area contributed by atoms with Crippen LogP contribution in [-0.4, -0.2) is 34.0 Å². The second-order valence-electron chi connectivity index (χ2n) is 3.79. The van der Waals surface area contributed by atoms with E-state index in [1.165, 1.54) is 6.92 Å². The Bertz CT molecular complexity index is 188. The molecule has 0 rings (SSSR count). The summed E-state index contributed by atoms with van der Waals surface area (Å²) in [6.07, 6.45) is -1.78. The number of aliphatic hydroxyl groups excluding tert-OH is 1. The fourth-order valence-corrected chi connectivity index (χ4v) is 0.569. The predicted molar refractivity (Wildman–Crippen MR) is 49.6 cm³/mol. The molecule has 14 heavy (non-hydrogen) atoms. The Kier molecular flexibility index (Phi) is 5.04. The SMILES string of the molecule is CCC(C)(C)OOC(C(=O)O)C(C)O. The Morgan fingerprint density at radius 1 is 1.50 bits per heavy atom. The quantitative estimate of drug-likeness (QED) is 0.500. The average Bonchev–Trinajstić information content (AvgIpc) is 2.03. The highest BCUT2D eigenvalue weighted by Gasteiger charge is 2.28. The van der Waals surface area contributed by atoms with E-state index >= 15 is 0 Å². The molecule has 5 heteroatoms. The molecule has 0 aliphatic rings. The van der Waals surface area contributed by atoms with Crippen LogP contribution in [-0.2, 0) is 14.6 Å². The van der Waals surface area contributed by atoms with Crippen LogP contribution in [0.3, 0.4) is 0 Å². The Balaban J connectivity index is 4.14. The lowest BCUT2D eigenvalue weighted by Gasteiger charge is -2.24. The van der Waals surface area contributed by atoms with Gasteiger partial charge >= 0.3 is 5.97 Å². The molecule has 0 aromatic rings. The van der Waals surface area contributed by atoms with Gasteiger partial charge in [0.25, 0.3) is 0 Å². The molecule has 0 radical (unpaired) electrons. The van der Waals surface area contributed by atoms with Gasteiger partial charge in [0, 0.05) is 0 Å². The summed E-state index contributed by atoms with van der Waals surface area (Å²) >= 11 is 0. The summed E-state index contributed by atoms with van der Waals surface area (Å²) < 4.78 is 0. The van der Waals surface area contributed by atoms with E-state index < -0.39 is 23.8 Å². The van der Waals surface area contributed by atoms with Crippen LogP contribution < -0.4 is 0 Å². The van der Waals surface area contributed by atoms with Crippen molar-refractivity contribution in [2.24, 2.45) is 0 Å². The van der Waals surface area contributed by atoms with Crippen LogP contribution in [0, 0.1) is 0 Å². The first-order chi connectivity index (χ1) is 6.30. The van der Waals surface area contributed by atoms with Crippen molar-refractivity contribution in [3.63, 3.8) is 0 Å².